The predicted octanol–water partition coefficient (Wildman–Crippen LogP) is 6.84. The number of rotatable bonds is 15. The fourth-order valence-corrected chi connectivity index (χ4v) is 3.84. The van der Waals surface area contributed by atoms with Gasteiger partial charge in [-0.05, 0) is 57.1 Å². The molecular formula is C32H43N3O2. The maximum absolute atomic E-state index is 12.5. The molecule has 2 rings (SSSR count). The van der Waals surface area contributed by atoms with Gasteiger partial charge >= 0.3 is 0 Å². The van der Waals surface area contributed by atoms with Crippen LogP contribution in [-0.4, -0.2) is 52.8 Å². The fourth-order valence-electron chi connectivity index (χ4n) is 3.84. The van der Waals surface area contributed by atoms with Crippen molar-refractivity contribution in [1.82, 2.24) is 14.8 Å². The van der Waals surface area contributed by atoms with E-state index in [4.69, 9.17) is 0 Å². The Morgan fingerprint density at radius 2 is 1.22 bits per heavy atom. The van der Waals surface area contributed by atoms with Crippen molar-refractivity contribution in [2.24, 2.45) is 0 Å². The Kier molecular flexibility index (Phi) is 15.8. The third kappa shape index (κ3) is 13.4. The lowest BCUT2D eigenvalue weighted by Gasteiger charge is -2.34. The number of pyridine rings is 1. The molecule has 37 heavy (non-hydrogen) atoms. The topological polar surface area (TPSA) is 53.5 Å². The van der Waals surface area contributed by atoms with Gasteiger partial charge in [-0.1, -0.05) is 79.8 Å². The molecule has 1 aromatic rings. The van der Waals surface area contributed by atoms with Gasteiger partial charge in [-0.3, -0.25) is 14.6 Å². The minimum atomic E-state index is -0.0156. The van der Waals surface area contributed by atoms with Crippen LogP contribution in [0.25, 0.3) is 0 Å². The highest BCUT2D eigenvalue weighted by atomic mass is 16.2. The van der Waals surface area contributed by atoms with Gasteiger partial charge in [0.1, 0.15) is 0 Å². The molecule has 1 saturated heterocycles. The van der Waals surface area contributed by atoms with Gasteiger partial charge in [0.25, 0.3) is 5.91 Å². The fraction of sp³-hybridized carbons (Fsp3) is 0.406. The lowest BCUT2D eigenvalue weighted by molar-refractivity contribution is -0.132. The largest absolute Gasteiger partial charge is 0.339 e. The lowest BCUT2D eigenvalue weighted by atomic mass is 10.2. The molecule has 1 aliphatic heterocycles. The van der Waals surface area contributed by atoms with Crippen LogP contribution in [0.2, 0.25) is 0 Å². The van der Waals surface area contributed by atoms with Gasteiger partial charge in [-0.25, -0.2) is 0 Å². The Morgan fingerprint density at radius 3 is 1.70 bits per heavy atom. The van der Waals surface area contributed by atoms with Crippen molar-refractivity contribution in [3.8, 4) is 0 Å². The first-order valence-corrected chi connectivity index (χ1v) is 13.6. The molecule has 2 heterocycles. The number of aromatic nitrogens is 1. The van der Waals surface area contributed by atoms with Gasteiger partial charge in [0, 0.05) is 45.0 Å². The maximum atomic E-state index is 12.5. The van der Waals surface area contributed by atoms with Gasteiger partial charge < -0.3 is 9.80 Å². The smallest absolute Gasteiger partial charge is 0.255 e. The molecule has 5 heteroatoms. The summed E-state index contributed by atoms with van der Waals surface area (Å²) in [5.41, 5.74) is 0.597. The van der Waals surface area contributed by atoms with E-state index >= 15 is 0 Å². The van der Waals surface area contributed by atoms with Crippen LogP contribution in [0, 0.1) is 0 Å². The van der Waals surface area contributed by atoms with E-state index in [0.29, 0.717) is 38.2 Å². The number of carbonyl (C=O) groups is 2. The van der Waals surface area contributed by atoms with E-state index in [1.807, 2.05) is 4.90 Å². The molecule has 0 N–H and O–H groups in total. The number of piperazine rings is 1. The molecule has 1 aliphatic rings. The number of nitrogens with zero attached hydrogens (tertiary/aromatic N) is 3. The molecule has 0 saturated carbocycles. The Bertz CT molecular complexity index is 950. The second kappa shape index (κ2) is 19.7. The van der Waals surface area contributed by atoms with E-state index in [9.17, 15) is 9.59 Å². The van der Waals surface area contributed by atoms with E-state index in [-0.39, 0.29) is 11.8 Å². The van der Waals surface area contributed by atoms with Crippen molar-refractivity contribution >= 4 is 11.8 Å². The van der Waals surface area contributed by atoms with Crippen molar-refractivity contribution in [3.05, 3.63) is 103 Å². The summed E-state index contributed by atoms with van der Waals surface area (Å²) in [5.74, 6) is 0.145. The summed E-state index contributed by atoms with van der Waals surface area (Å²) in [6.45, 7) is 4.47. The molecule has 0 aliphatic carbocycles. The highest BCUT2D eigenvalue weighted by Crippen LogP contribution is 2.10. The Labute approximate surface area is 223 Å². The summed E-state index contributed by atoms with van der Waals surface area (Å²) in [6, 6.07) is 3.54. The SMILES string of the molecule is CC/C=C/C/C=C/C/C=C/C/C=C/C/C=C/C/C=C/CCC(=O)N1CCN(C(=O)c2cccnc2)CC1. The molecule has 0 aromatic carbocycles. The number of hydrogen-bond acceptors (Lipinski definition) is 3. The highest BCUT2D eigenvalue weighted by Gasteiger charge is 2.24. The summed E-state index contributed by atoms with van der Waals surface area (Å²) in [4.78, 5) is 32.6. The molecule has 0 atom stereocenters. The van der Waals surface area contributed by atoms with Crippen LogP contribution in [0.5, 0.6) is 0 Å². The minimum absolute atomic E-state index is 0.0156. The van der Waals surface area contributed by atoms with Crippen LogP contribution in [0.15, 0.2) is 97.4 Å². The van der Waals surface area contributed by atoms with E-state index < -0.39 is 0 Å². The number of carbonyl (C=O) groups excluding carboxylic acids is 2. The van der Waals surface area contributed by atoms with Gasteiger partial charge in [-0.15, -0.1) is 0 Å². The second-order valence-corrected chi connectivity index (χ2v) is 8.87. The molecule has 1 aromatic heterocycles. The first-order chi connectivity index (χ1) is 18.2. The second-order valence-electron chi connectivity index (χ2n) is 8.87. The van der Waals surface area contributed by atoms with E-state index in [0.717, 1.165) is 44.9 Å². The van der Waals surface area contributed by atoms with Crippen molar-refractivity contribution in [3.63, 3.8) is 0 Å². The van der Waals surface area contributed by atoms with Gasteiger partial charge in [0.2, 0.25) is 5.91 Å². The van der Waals surface area contributed by atoms with Crippen LogP contribution in [0.4, 0.5) is 0 Å². The average molecular weight is 502 g/mol. The van der Waals surface area contributed by atoms with E-state index in [1.165, 1.54) is 0 Å². The summed E-state index contributed by atoms with van der Waals surface area (Å²) in [6.07, 6.45) is 36.6. The predicted molar refractivity (Wildman–Crippen MR) is 154 cm³/mol. The van der Waals surface area contributed by atoms with E-state index in [2.05, 4.69) is 84.8 Å². The zero-order valence-electron chi connectivity index (χ0n) is 22.4. The van der Waals surface area contributed by atoms with Crippen molar-refractivity contribution in [2.45, 2.75) is 58.3 Å². The Morgan fingerprint density at radius 1 is 0.730 bits per heavy atom. The summed E-state index contributed by atoms with van der Waals surface area (Å²) < 4.78 is 0. The monoisotopic (exact) mass is 501 g/mol. The molecule has 0 spiro atoms. The van der Waals surface area contributed by atoms with Crippen LogP contribution >= 0.6 is 0 Å². The zero-order chi connectivity index (χ0) is 26.4. The standard InChI is InChI=1S/C32H43N3O2/c1-2-3-4-5-6-7-8-9-10-11-12-13-14-15-16-17-18-19-20-23-31(36)34-25-27-35(28-26-34)32(37)30-22-21-24-33-29-30/h3-4,6-7,9-10,12-13,15-16,18-19,21-22,24,29H,2,5,8,11,14,17,20,23,25-28H2,1H3/b4-3+,7-6+,10-9+,13-12+,16-15+,19-18+. The van der Waals surface area contributed by atoms with Crippen LogP contribution in [-0.2, 0) is 4.79 Å². The lowest BCUT2D eigenvalue weighted by Crippen LogP contribution is -2.50. The number of amides is 2. The molecule has 198 valence electrons. The average Bonchev–Trinajstić information content (AvgIpc) is 2.94. The quantitative estimate of drug-likeness (QED) is 0.247. The Balaban J connectivity index is 1.48. The van der Waals surface area contributed by atoms with Crippen LogP contribution in [0.3, 0.4) is 0 Å². The molecular weight excluding hydrogens is 458 g/mol. The Hall–Kier alpha value is -3.47. The van der Waals surface area contributed by atoms with Crippen molar-refractivity contribution in [2.75, 3.05) is 26.2 Å². The van der Waals surface area contributed by atoms with Crippen molar-refractivity contribution < 1.29 is 9.59 Å². The molecule has 2 amide bonds. The summed E-state index contributed by atoms with van der Waals surface area (Å²) >= 11 is 0. The first kappa shape index (κ1) is 29.8. The van der Waals surface area contributed by atoms with Gasteiger partial charge in [0.15, 0.2) is 0 Å². The minimum Gasteiger partial charge on any atom is -0.339 e. The molecule has 0 unspecified atom stereocenters. The highest BCUT2D eigenvalue weighted by molar-refractivity contribution is 5.94. The first-order valence-electron chi connectivity index (χ1n) is 13.6. The molecule has 5 nitrogen and oxygen atoms in total. The maximum Gasteiger partial charge on any atom is 0.255 e. The van der Waals surface area contributed by atoms with Gasteiger partial charge in [-0.2, -0.15) is 0 Å². The molecule has 0 bridgehead atoms. The third-order valence-electron chi connectivity index (χ3n) is 5.95. The summed E-state index contributed by atoms with van der Waals surface area (Å²) in [5, 5.41) is 0. The summed E-state index contributed by atoms with van der Waals surface area (Å²) in [7, 11) is 0. The molecule has 1 fully saturated rings. The van der Waals surface area contributed by atoms with E-state index in [1.54, 1.807) is 29.4 Å². The third-order valence-corrected chi connectivity index (χ3v) is 5.95. The normalized spacial score (nSPS) is 15.1. The van der Waals surface area contributed by atoms with Crippen molar-refractivity contribution in [1.29, 1.82) is 0 Å². The van der Waals surface area contributed by atoms with Crippen LogP contribution < -0.4 is 0 Å². The number of hydrogen-bond donors (Lipinski definition) is 0. The van der Waals surface area contributed by atoms with Gasteiger partial charge in [0.05, 0.1) is 5.56 Å². The number of allylic oxidation sites excluding steroid dienone is 12. The van der Waals surface area contributed by atoms with Crippen LogP contribution in [0.1, 0.15) is 68.6 Å². The molecule has 0 radical (unpaired) electrons. The zero-order valence-corrected chi connectivity index (χ0v) is 22.4.